The number of Topliss-reactive ketones (excluding diaryl/α,β-unsaturated/α-hetero) is 1. The number of H-pyrrole nitrogens is 4. The molecule has 15 heterocycles. The van der Waals surface area contributed by atoms with E-state index in [-0.39, 0.29) is 60.8 Å². The zero-order valence-corrected chi connectivity index (χ0v) is 90.6. The van der Waals surface area contributed by atoms with Gasteiger partial charge in [0, 0.05) is 147 Å². The molecule has 9 fully saturated rings. The predicted octanol–water partition coefficient (Wildman–Crippen LogP) is 5.89. The molecule has 0 radical (unpaired) electrons. The lowest BCUT2D eigenvalue weighted by Gasteiger charge is -2.40. The van der Waals surface area contributed by atoms with Crippen LogP contribution in [0.25, 0.3) is 0 Å². The largest absolute Gasteiger partial charge is 0.481 e. The van der Waals surface area contributed by atoms with E-state index in [2.05, 4.69) is 112 Å². The molecule has 23 rings (SSSR count). The molecule has 44 heteroatoms. The van der Waals surface area contributed by atoms with Crippen LogP contribution in [0.4, 0.5) is 0 Å². The van der Waals surface area contributed by atoms with Gasteiger partial charge in [0.1, 0.15) is 5.92 Å². The lowest BCUT2D eigenvalue weighted by molar-refractivity contribution is -0.150. The number of fused-ring (bicyclic) bond motifs is 14. The number of aliphatic hydroxyl groups is 1. The number of nitrogens with zero attached hydrogens (tertiary/aromatic N) is 14. The number of rotatable bonds is 13. The van der Waals surface area contributed by atoms with Crippen LogP contribution in [0.5, 0.6) is 35.3 Å². The molecule has 806 valence electrons. The first kappa shape index (κ1) is 114. The molecule has 7 aromatic heterocycles. The zero-order chi connectivity index (χ0) is 104. The second-order valence-electron chi connectivity index (χ2n) is 42.9. The van der Waals surface area contributed by atoms with Crippen LogP contribution in [0, 0.1) is 11.3 Å². The lowest BCUT2D eigenvalue weighted by atomic mass is 9.72. The van der Waals surface area contributed by atoms with Gasteiger partial charge in [0.15, 0.2) is 5.78 Å². The number of aliphatic hydroxyl groups excluding tert-OH is 1. The Labute approximate surface area is 859 Å². The van der Waals surface area contributed by atoms with Crippen molar-refractivity contribution in [3.63, 3.8) is 0 Å². The highest BCUT2D eigenvalue weighted by molar-refractivity contribution is 6.46. The second kappa shape index (κ2) is 50.6. The van der Waals surface area contributed by atoms with Crippen molar-refractivity contribution in [1.29, 1.82) is 0 Å². The maximum atomic E-state index is 12.4. The van der Waals surface area contributed by atoms with Crippen LogP contribution < -0.4 is 66.9 Å². The Morgan fingerprint density at radius 2 is 0.662 bits per heavy atom. The average molecular weight is 2020 g/mol. The Hall–Kier alpha value is -8.17. The van der Waals surface area contributed by atoms with Crippen molar-refractivity contribution in [2.45, 2.75) is 291 Å². The Morgan fingerprint density at radius 1 is 0.366 bits per heavy atom. The summed E-state index contributed by atoms with van der Waals surface area (Å²) in [7, 11) is 18.2. The number of aromatic nitrogens is 14. The van der Waals surface area contributed by atoms with Crippen molar-refractivity contribution in [3.8, 4) is 35.3 Å². The van der Waals surface area contributed by atoms with Crippen molar-refractivity contribution >= 4 is 40.0 Å². The van der Waals surface area contributed by atoms with Crippen LogP contribution in [0.2, 0.25) is 27.3 Å². The van der Waals surface area contributed by atoms with Gasteiger partial charge in [-0.1, -0.05) is 0 Å². The number of piperidine rings is 8. The number of nitrogens with two attached hydrogens (primary N) is 2. The van der Waals surface area contributed by atoms with Gasteiger partial charge in [0.05, 0.1) is 72.5 Å². The third kappa shape index (κ3) is 23.9. The number of methoxy groups -OCH3 is 7. The summed E-state index contributed by atoms with van der Waals surface area (Å²) < 4.78 is 49.7. The van der Waals surface area contributed by atoms with E-state index in [0.717, 1.165) is 274 Å². The normalized spacial score (nSPS) is 21.9. The third-order valence-corrected chi connectivity index (χ3v) is 35.7. The number of ketones is 1. The van der Waals surface area contributed by atoms with E-state index in [1.807, 2.05) is 72.0 Å². The summed E-state index contributed by atoms with van der Waals surface area (Å²) in [6.07, 6.45) is 35.2. The van der Waals surface area contributed by atoms with Crippen molar-refractivity contribution < 1.29 is 72.7 Å². The summed E-state index contributed by atoms with van der Waals surface area (Å²) in [5.74, 6) is 12.1. The van der Waals surface area contributed by atoms with Crippen molar-refractivity contribution in [1.82, 2.24) is 110 Å². The molecule has 7 aromatic rings. The molecule has 8 aliphatic heterocycles. The van der Waals surface area contributed by atoms with Gasteiger partial charge in [-0.25, -0.2) is 4.68 Å². The summed E-state index contributed by atoms with van der Waals surface area (Å²) >= 11 is 0. The molecule has 1 saturated carbocycles. The van der Waals surface area contributed by atoms with E-state index in [4.69, 9.17) is 43.4 Å². The molecule has 1 unspecified atom stereocenters. The highest BCUT2D eigenvalue weighted by Crippen LogP contribution is 2.55. The van der Waals surface area contributed by atoms with E-state index in [9.17, 15) is 34.5 Å². The summed E-state index contributed by atoms with van der Waals surface area (Å²) in [5.41, 5.74) is 20.0. The van der Waals surface area contributed by atoms with Crippen molar-refractivity contribution in [3.05, 3.63) is 89.2 Å². The standard InChI is InChI=1S/C13H22BN3O2.C12H20BN3O2.C12H20BNO4.3C12H19N3O.C11H18BN3O2.C11H17N3O.C4H10O.C2H6O.H4N2/c1-14(18)17-8-6-13(7-9-17)5-4-10-11(13)16(2)15-12(10)19-3;1-13(17)16-7-5-12(6-8-16)4-3-9-10(12)14-15-11(9)18-2;1-13(17)14-7-5-12(6-8-14)4-3-9(10(12)15)11(16)18-2;2*1-15-10-9(11(14-15)16-2)3-4-12(10)5-7-13-8-6-12;1-15-11(16-2)9-3-4-12(10(9)14-15)5-7-13-8-6-12;1-12(17)15-6-4-11(5-7-15)3-2-8-9(11)13-14-10(8)16;1-15-10-8-2-3-11(9(8)13-14-10)4-6-12-7-5-11;1-3-5-4-2;1-2-3;1-2/h18H,4-9H2,1-3H3;17H,3-8H2,1-2H3,(H,14,15);9,17H,3-8H2,1-2H3;3*13H,3-8H2,1-2H3;17H,2-7H2,1H3,(H2,13,14,16);12H,2-7H2,1H3,(H,13,14);3-4H2,1-2H3;3H,2H2,1H3;1-2H2. The van der Waals surface area contributed by atoms with Crippen LogP contribution in [-0.4, -0.2) is 328 Å². The molecule has 0 aromatic carbocycles. The zero-order valence-electron chi connectivity index (χ0n) is 90.6. The maximum absolute atomic E-state index is 12.4. The van der Waals surface area contributed by atoms with Gasteiger partial charge in [0.25, 0.3) is 5.56 Å². The number of hydrazine groups is 1. The molecule has 40 nitrogen and oxygen atoms in total. The highest BCUT2D eigenvalue weighted by atomic mass is 16.5. The Balaban J connectivity index is 0.000000137. The number of carbonyl (C=O) groups excluding carboxylic acids is 2. The van der Waals surface area contributed by atoms with Gasteiger partial charge in [0.2, 0.25) is 35.3 Å². The summed E-state index contributed by atoms with van der Waals surface area (Å²) in [6.45, 7) is 31.0. The maximum Gasteiger partial charge on any atom is 0.376 e. The van der Waals surface area contributed by atoms with Crippen LogP contribution >= 0.6 is 0 Å². The van der Waals surface area contributed by atoms with Gasteiger partial charge < -0.3 is 109 Å². The Kier molecular flexibility index (Phi) is 39.8. The van der Waals surface area contributed by atoms with E-state index in [1.54, 1.807) is 56.4 Å². The second-order valence-corrected chi connectivity index (χ2v) is 42.9. The number of esters is 1. The molecular weight excluding hydrogens is 1850 g/mol. The van der Waals surface area contributed by atoms with Crippen molar-refractivity contribution in [2.24, 2.45) is 51.2 Å². The first-order valence-corrected chi connectivity index (χ1v) is 53.9. The predicted molar refractivity (Wildman–Crippen MR) is 563 cm³/mol. The summed E-state index contributed by atoms with van der Waals surface area (Å²) in [5, 5.41) is 98.5. The van der Waals surface area contributed by atoms with Gasteiger partial charge in [-0.3, -0.25) is 55.4 Å². The minimum absolute atomic E-state index is 0.0508. The monoisotopic (exact) mass is 2020 g/mol. The molecule has 16 aliphatic rings. The number of nitrogens with one attached hydrogen (secondary N) is 8. The minimum atomic E-state index is -0.562. The molecular formula is C101H174B4N24O16. The van der Waals surface area contributed by atoms with Crippen LogP contribution in [-0.2, 0) is 130 Å². The SMILES string of the molecule is CB(O)N1CCC2(CCc3c2[nH][nH]c3=O)CC1.CCO.CCOCC.COC(=O)C1CCC2(CCN(B(C)O)CC2)C1=O.COc1c2c(nn1C)C1(CCNCC1)CC2.COc1n[nH]c2c1CCC21CCN(B(C)O)CC1.COc1n[nH]c2c1CCC21CCNCC1.COc1nn(C)c2c1CCC21CCN(B(C)O)CC1.COc1nn(C)c2c1CCC21CCNCC1.COc1nn(C)c2c1CCC21CCNCC1.NN. The van der Waals surface area contributed by atoms with Crippen LogP contribution in [0.15, 0.2) is 4.79 Å². The number of ether oxygens (including phenoxy) is 8. The first-order valence-electron chi connectivity index (χ1n) is 53.9. The molecule has 8 aliphatic carbocycles. The quantitative estimate of drug-likeness (QED) is 0.0210. The molecule has 0 amide bonds. The fourth-order valence-electron chi connectivity index (χ4n) is 27.6. The van der Waals surface area contributed by atoms with E-state index in [1.165, 1.54) is 165 Å². The molecule has 145 heavy (non-hydrogen) atoms. The topological polar surface area (TPSA) is 500 Å². The van der Waals surface area contributed by atoms with Crippen molar-refractivity contribution in [2.75, 3.05) is 174 Å². The summed E-state index contributed by atoms with van der Waals surface area (Å²) in [6, 6.07) is 0. The third-order valence-electron chi connectivity index (χ3n) is 35.7. The van der Waals surface area contributed by atoms with Gasteiger partial charge >= 0.3 is 34.2 Å². The number of aryl methyl sites for hydroxylation is 4. The minimum Gasteiger partial charge on any atom is -0.481 e. The smallest absolute Gasteiger partial charge is 0.376 e. The molecule has 17 N–H and O–H groups in total. The summed E-state index contributed by atoms with van der Waals surface area (Å²) in [4.78, 5) is 43.8. The van der Waals surface area contributed by atoms with Gasteiger partial charge in [-0.15, -0.1) is 25.5 Å². The van der Waals surface area contributed by atoms with E-state index in [0.29, 0.717) is 28.1 Å². The lowest BCUT2D eigenvalue weighted by Crippen LogP contribution is -2.48. The Morgan fingerprint density at radius 3 is 1.00 bits per heavy atom. The number of carbonyl (C=O) groups is 2. The van der Waals surface area contributed by atoms with E-state index >= 15 is 0 Å². The fourth-order valence-corrected chi connectivity index (χ4v) is 27.6. The average Bonchev–Trinajstić information content (AvgIpc) is 1.38. The Bertz CT molecular complexity index is 5240. The highest BCUT2D eigenvalue weighted by Gasteiger charge is 2.55. The van der Waals surface area contributed by atoms with Gasteiger partial charge in [-0.2, -0.15) is 5.10 Å². The molecule has 1 atom stereocenters. The number of aromatic amines is 4. The number of hydrogen-bond donors (Lipinski definition) is 15. The molecule has 8 saturated heterocycles. The van der Waals surface area contributed by atoms with Crippen LogP contribution in [0.3, 0.4) is 0 Å². The first-order chi connectivity index (χ1) is 69.8. The molecule has 0 bridgehead atoms. The fraction of sp³-hybridized carbons (Fsp3) is 0.772. The van der Waals surface area contributed by atoms with Crippen LogP contribution in [0.1, 0.15) is 260 Å². The molecule has 8 spiro atoms. The van der Waals surface area contributed by atoms with E-state index < -0.39 is 18.9 Å². The van der Waals surface area contributed by atoms with Gasteiger partial charge in [-0.05, 0) is 358 Å². The number of hydrogen-bond acceptors (Lipinski definition) is 32.